The number of aromatic hydroxyl groups is 1. The van der Waals surface area contributed by atoms with E-state index in [1.807, 2.05) is 0 Å². The van der Waals surface area contributed by atoms with E-state index in [9.17, 15) is 14.7 Å². The Bertz CT molecular complexity index is 538. The van der Waals surface area contributed by atoms with Crippen LogP contribution in [0, 0.1) is 0 Å². The number of benzene rings is 1. The Balaban J connectivity index is 2.54. The van der Waals surface area contributed by atoms with Crippen LogP contribution in [0.15, 0.2) is 42.0 Å². The van der Waals surface area contributed by atoms with Gasteiger partial charge in [-0.25, -0.2) is 5.43 Å². The summed E-state index contributed by atoms with van der Waals surface area (Å²) in [5, 5.41) is 15.9. The molecule has 0 saturated carbocycles. The summed E-state index contributed by atoms with van der Waals surface area (Å²) in [6.45, 7) is 5.50. The molecule has 0 radical (unpaired) electrons. The largest absolute Gasteiger partial charge is 0.507 e. The van der Waals surface area contributed by atoms with E-state index in [0.717, 1.165) is 0 Å². The van der Waals surface area contributed by atoms with Crippen LogP contribution in [0.25, 0.3) is 0 Å². The number of phenolic OH excluding ortho intramolecular Hbond substituents is 1. The molecule has 0 atom stereocenters. The summed E-state index contributed by atoms with van der Waals surface area (Å²) in [5.74, 6) is -0.863. The molecule has 0 aliphatic heterocycles. The number of hydrogen-bond donors (Lipinski definition) is 3. The maximum Gasteiger partial charge on any atom is 0.275 e. The van der Waals surface area contributed by atoms with Crippen LogP contribution in [0.2, 0.25) is 0 Å². The fraction of sp³-hybridized carbons (Fsp3) is 0.214. The molecule has 0 heterocycles. The van der Waals surface area contributed by atoms with Gasteiger partial charge in [0, 0.05) is 12.3 Å². The van der Waals surface area contributed by atoms with E-state index in [1.165, 1.54) is 12.1 Å². The second-order valence-electron chi connectivity index (χ2n) is 4.07. The first-order chi connectivity index (χ1) is 9.54. The first-order valence-electron chi connectivity index (χ1n) is 6.03. The molecule has 1 aromatic carbocycles. The number of carbonyl (C=O) groups is 2. The fourth-order valence-electron chi connectivity index (χ4n) is 1.39. The SMILES string of the molecule is C=CCNC(=O)C/C(C)=N/NC(=O)c1ccccc1O. The molecule has 6 nitrogen and oxygen atoms in total. The maximum absolute atomic E-state index is 11.7. The van der Waals surface area contributed by atoms with Gasteiger partial charge in [-0.15, -0.1) is 6.58 Å². The lowest BCUT2D eigenvalue weighted by molar-refractivity contribution is -0.119. The lowest BCUT2D eigenvalue weighted by atomic mass is 10.2. The summed E-state index contributed by atoms with van der Waals surface area (Å²) in [5.41, 5.74) is 2.87. The van der Waals surface area contributed by atoms with Gasteiger partial charge in [0.1, 0.15) is 5.75 Å². The molecule has 0 spiro atoms. The van der Waals surface area contributed by atoms with Crippen molar-refractivity contribution in [2.45, 2.75) is 13.3 Å². The average Bonchev–Trinajstić information content (AvgIpc) is 2.43. The van der Waals surface area contributed by atoms with Crippen LogP contribution >= 0.6 is 0 Å². The highest BCUT2D eigenvalue weighted by Gasteiger charge is 2.09. The van der Waals surface area contributed by atoms with Crippen LogP contribution in [-0.2, 0) is 4.79 Å². The van der Waals surface area contributed by atoms with E-state index in [4.69, 9.17) is 0 Å². The van der Waals surface area contributed by atoms with Crippen molar-refractivity contribution >= 4 is 17.5 Å². The Kier molecular flexibility index (Phi) is 5.96. The van der Waals surface area contributed by atoms with Gasteiger partial charge in [0.2, 0.25) is 5.91 Å². The monoisotopic (exact) mass is 275 g/mol. The third kappa shape index (κ3) is 4.93. The number of hydrogen-bond acceptors (Lipinski definition) is 4. The number of carbonyl (C=O) groups excluding carboxylic acids is 2. The molecule has 3 N–H and O–H groups in total. The van der Waals surface area contributed by atoms with Crippen molar-refractivity contribution in [3.63, 3.8) is 0 Å². The average molecular weight is 275 g/mol. The first-order valence-corrected chi connectivity index (χ1v) is 6.03. The summed E-state index contributed by atoms with van der Waals surface area (Å²) >= 11 is 0. The number of para-hydroxylation sites is 1. The molecule has 6 heteroatoms. The van der Waals surface area contributed by atoms with Crippen molar-refractivity contribution in [1.29, 1.82) is 0 Å². The Morgan fingerprint density at radius 1 is 1.40 bits per heavy atom. The third-order valence-corrected chi connectivity index (χ3v) is 2.36. The van der Waals surface area contributed by atoms with E-state index in [0.29, 0.717) is 12.3 Å². The molecule has 0 aromatic heterocycles. The highest BCUT2D eigenvalue weighted by Crippen LogP contribution is 2.14. The molecule has 0 fully saturated rings. The number of nitrogens with one attached hydrogen (secondary N) is 2. The van der Waals surface area contributed by atoms with Crippen LogP contribution in [0.3, 0.4) is 0 Å². The van der Waals surface area contributed by atoms with Gasteiger partial charge in [-0.05, 0) is 19.1 Å². The Morgan fingerprint density at radius 2 is 2.10 bits per heavy atom. The minimum absolute atomic E-state index is 0.0783. The summed E-state index contributed by atoms with van der Waals surface area (Å²) in [6, 6.07) is 6.14. The van der Waals surface area contributed by atoms with Gasteiger partial charge in [0.15, 0.2) is 0 Å². The lowest BCUT2D eigenvalue weighted by Gasteiger charge is -2.04. The first kappa shape index (κ1) is 15.4. The molecule has 0 unspecified atom stereocenters. The molecular formula is C14H17N3O3. The minimum atomic E-state index is -0.533. The highest BCUT2D eigenvalue weighted by atomic mass is 16.3. The molecule has 2 amide bonds. The number of amides is 2. The Hall–Kier alpha value is -2.63. The van der Waals surface area contributed by atoms with Crippen LogP contribution < -0.4 is 10.7 Å². The second-order valence-corrected chi connectivity index (χ2v) is 4.07. The van der Waals surface area contributed by atoms with E-state index in [-0.39, 0.29) is 23.6 Å². The van der Waals surface area contributed by atoms with Gasteiger partial charge in [-0.2, -0.15) is 5.10 Å². The van der Waals surface area contributed by atoms with E-state index < -0.39 is 5.91 Å². The van der Waals surface area contributed by atoms with Gasteiger partial charge >= 0.3 is 0 Å². The van der Waals surface area contributed by atoms with E-state index in [2.05, 4.69) is 22.4 Å². The predicted molar refractivity (Wildman–Crippen MR) is 76.5 cm³/mol. The zero-order valence-corrected chi connectivity index (χ0v) is 11.2. The summed E-state index contributed by atoms with van der Waals surface area (Å²) in [6.07, 6.45) is 1.65. The topological polar surface area (TPSA) is 90.8 Å². The molecular weight excluding hydrogens is 258 g/mol. The number of nitrogens with zero attached hydrogens (tertiary/aromatic N) is 1. The minimum Gasteiger partial charge on any atom is -0.507 e. The van der Waals surface area contributed by atoms with Crippen LogP contribution in [0.1, 0.15) is 23.7 Å². The summed E-state index contributed by atoms with van der Waals surface area (Å²) in [7, 11) is 0. The molecule has 0 aliphatic rings. The molecule has 1 rings (SSSR count). The Labute approximate surface area is 117 Å². The zero-order valence-electron chi connectivity index (χ0n) is 11.2. The van der Waals surface area contributed by atoms with E-state index >= 15 is 0 Å². The molecule has 0 aliphatic carbocycles. The summed E-state index contributed by atoms with van der Waals surface area (Å²) < 4.78 is 0. The van der Waals surface area contributed by atoms with Gasteiger partial charge in [0.25, 0.3) is 5.91 Å². The molecule has 1 aromatic rings. The molecule has 0 bridgehead atoms. The fourth-order valence-corrected chi connectivity index (χ4v) is 1.39. The van der Waals surface area contributed by atoms with Crippen molar-refractivity contribution < 1.29 is 14.7 Å². The van der Waals surface area contributed by atoms with Crippen LogP contribution in [0.5, 0.6) is 5.75 Å². The Morgan fingerprint density at radius 3 is 2.75 bits per heavy atom. The van der Waals surface area contributed by atoms with Gasteiger partial charge in [-0.1, -0.05) is 18.2 Å². The van der Waals surface area contributed by atoms with Crippen molar-refractivity contribution in [3.05, 3.63) is 42.5 Å². The maximum atomic E-state index is 11.7. The lowest BCUT2D eigenvalue weighted by Crippen LogP contribution is -2.26. The smallest absolute Gasteiger partial charge is 0.275 e. The van der Waals surface area contributed by atoms with Crippen LogP contribution in [-0.4, -0.2) is 29.2 Å². The highest BCUT2D eigenvalue weighted by molar-refractivity contribution is 6.01. The zero-order chi connectivity index (χ0) is 15.0. The molecule has 106 valence electrons. The normalized spacial score (nSPS) is 10.8. The predicted octanol–water partition coefficient (Wildman–Crippen LogP) is 1.19. The van der Waals surface area contributed by atoms with Crippen LogP contribution in [0.4, 0.5) is 0 Å². The number of rotatable bonds is 6. The van der Waals surface area contributed by atoms with Gasteiger partial charge in [0.05, 0.1) is 12.0 Å². The van der Waals surface area contributed by atoms with E-state index in [1.54, 1.807) is 25.1 Å². The molecule has 0 saturated heterocycles. The quantitative estimate of drug-likeness (QED) is 0.414. The number of hydrazone groups is 1. The third-order valence-electron chi connectivity index (χ3n) is 2.36. The van der Waals surface area contributed by atoms with Crippen molar-refractivity contribution in [2.75, 3.05) is 6.54 Å². The van der Waals surface area contributed by atoms with Crippen molar-refractivity contribution in [2.24, 2.45) is 5.10 Å². The van der Waals surface area contributed by atoms with Gasteiger partial charge < -0.3 is 10.4 Å². The van der Waals surface area contributed by atoms with Gasteiger partial charge in [-0.3, -0.25) is 9.59 Å². The molecule has 20 heavy (non-hydrogen) atoms. The van der Waals surface area contributed by atoms with Crippen molar-refractivity contribution in [1.82, 2.24) is 10.7 Å². The standard InChI is InChI=1S/C14H17N3O3/c1-3-8-15-13(19)9-10(2)16-17-14(20)11-6-4-5-7-12(11)18/h3-7,18H,1,8-9H2,2H3,(H,15,19)(H,17,20)/b16-10+. The van der Waals surface area contributed by atoms with Crippen molar-refractivity contribution in [3.8, 4) is 5.75 Å². The number of phenols is 1. The summed E-state index contributed by atoms with van der Waals surface area (Å²) in [4.78, 5) is 23.1. The second kappa shape index (κ2) is 7.73.